The van der Waals surface area contributed by atoms with Gasteiger partial charge in [0.1, 0.15) is 0 Å². The van der Waals surface area contributed by atoms with E-state index in [1.165, 1.54) is 110 Å². The van der Waals surface area contributed by atoms with Gasteiger partial charge in [-0.2, -0.15) is 0 Å². The number of hydrogen-bond donors (Lipinski definition) is 0. The normalized spacial score (nSPS) is 13.9. The summed E-state index contributed by atoms with van der Waals surface area (Å²) in [7, 11) is 0. The van der Waals surface area contributed by atoms with Gasteiger partial charge >= 0.3 is 0 Å². The Kier molecular flexibility index (Phi) is 9.38. The SMILES string of the molecule is C1=CC2=C(C=Cc3ccccc3N2c2ccc3c(-c4ccc5ccccc5c4)c4cc(N5c6ccccc6C=Cc6ccccc65)ccc4c(-c4ccccc4-c4cccc5ccccc45)c3c2)CC1. The van der Waals surface area contributed by atoms with Crippen LogP contribution in [0.25, 0.3) is 94.7 Å². The summed E-state index contributed by atoms with van der Waals surface area (Å²) >= 11 is 0. The fourth-order valence-electron chi connectivity index (χ4n) is 11.6. The average Bonchev–Trinajstić information content (AvgIpc) is 3.70. The maximum atomic E-state index is 2.51. The molecule has 0 amide bonds. The molecule has 328 valence electrons. The van der Waals surface area contributed by atoms with E-state index in [0.717, 1.165) is 35.6 Å². The van der Waals surface area contributed by atoms with Crippen molar-refractivity contribution in [3.63, 3.8) is 0 Å². The Morgan fingerprint density at radius 1 is 0.314 bits per heavy atom. The van der Waals surface area contributed by atoms with Crippen LogP contribution in [0, 0.1) is 0 Å². The lowest BCUT2D eigenvalue weighted by molar-refractivity contribution is 0.955. The fourth-order valence-corrected chi connectivity index (χ4v) is 11.6. The molecule has 0 saturated carbocycles. The van der Waals surface area contributed by atoms with Gasteiger partial charge in [0.25, 0.3) is 0 Å². The standard InChI is InChI=1S/C68H46N2/c1-2-22-51-42-52(37-32-45(51)16-1)67-59-40-38-54(70-65-30-13-6-20-49(65)35-36-50-21-7-14-31-66(50)70)44-62(59)68(58-26-10-9-25-57(58)56-27-15-23-46-17-3-8-24-55(46)56)60-41-39-53(43-61(60)67)69-63-28-11-4-18-47(63)33-34-48-19-5-12-29-64(48)69/h1-6,8-20,22-44H,7,21H2. The van der Waals surface area contributed by atoms with Crippen LogP contribution in [0.15, 0.2) is 248 Å². The highest BCUT2D eigenvalue weighted by molar-refractivity contribution is 6.24. The smallest absolute Gasteiger partial charge is 0.0534 e. The zero-order chi connectivity index (χ0) is 46.1. The highest BCUT2D eigenvalue weighted by Gasteiger charge is 2.27. The van der Waals surface area contributed by atoms with E-state index < -0.39 is 0 Å². The molecule has 0 bridgehead atoms. The van der Waals surface area contributed by atoms with E-state index in [2.05, 4.69) is 265 Å². The van der Waals surface area contributed by atoms with E-state index in [4.69, 9.17) is 0 Å². The first-order valence-electron chi connectivity index (χ1n) is 24.5. The molecule has 0 atom stereocenters. The van der Waals surface area contributed by atoms with Crippen molar-refractivity contribution in [3.05, 3.63) is 265 Å². The van der Waals surface area contributed by atoms with Crippen molar-refractivity contribution < 1.29 is 0 Å². The molecule has 14 rings (SSSR count). The van der Waals surface area contributed by atoms with E-state index in [9.17, 15) is 0 Å². The van der Waals surface area contributed by atoms with E-state index in [-0.39, 0.29) is 0 Å². The second-order valence-corrected chi connectivity index (χ2v) is 18.7. The summed E-state index contributed by atoms with van der Waals surface area (Å²) in [6.07, 6.45) is 15.9. The van der Waals surface area contributed by atoms with Gasteiger partial charge in [-0.25, -0.2) is 0 Å². The van der Waals surface area contributed by atoms with Crippen LogP contribution < -0.4 is 9.80 Å². The van der Waals surface area contributed by atoms with Gasteiger partial charge in [0, 0.05) is 17.1 Å². The predicted octanol–water partition coefficient (Wildman–Crippen LogP) is 19.0. The van der Waals surface area contributed by atoms with E-state index >= 15 is 0 Å². The van der Waals surface area contributed by atoms with Gasteiger partial charge < -0.3 is 9.80 Å². The third-order valence-corrected chi connectivity index (χ3v) is 14.8. The number of nitrogens with zero attached hydrogens (tertiary/aromatic N) is 2. The van der Waals surface area contributed by atoms with Crippen molar-refractivity contribution in [2.75, 3.05) is 9.80 Å². The number of anilines is 5. The molecule has 0 fully saturated rings. The minimum atomic E-state index is 1.01. The van der Waals surface area contributed by atoms with Gasteiger partial charge in [0.15, 0.2) is 0 Å². The lowest BCUT2D eigenvalue weighted by Gasteiger charge is -2.31. The lowest BCUT2D eigenvalue weighted by atomic mass is 9.82. The van der Waals surface area contributed by atoms with E-state index in [0.29, 0.717) is 0 Å². The molecule has 11 aromatic rings. The van der Waals surface area contributed by atoms with Crippen LogP contribution >= 0.6 is 0 Å². The van der Waals surface area contributed by atoms with Crippen molar-refractivity contribution in [2.45, 2.75) is 12.8 Å². The molecular weight excluding hydrogens is 845 g/mol. The molecule has 0 radical (unpaired) electrons. The summed E-state index contributed by atoms with van der Waals surface area (Å²) in [6, 6.07) is 81.3. The quantitative estimate of drug-likeness (QED) is 0.159. The molecule has 3 aliphatic rings. The van der Waals surface area contributed by atoms with Gasteiger partial charge in [-0.3, -0.25) is 0 Å². The Morgan fingerprint density at radius 2 is 0.857 bits per heavy atom. The molecule has 2 heterocycles. The second-order valence-electron chi connectivity index (χ2n) is 18.7. The summed E-state index contributed by atoms with van der Waals surface area (Å²) in [5, 5.41) is 9.74. The number of benzene rings is 11. The van der Waals surface area contributed by atoms with Gasteiger partial charge in [0.05, 0.1) is 17.1 Å². The maximum Gasteiger partial charge on any atom is 0.0534 e. The summed E-state index contributed by atoms with van der Waals surface area (Å²) < 4.78 is 0. The second kappa shape index (κ2) is 16.4. The van der Waals surface area contributed by atoms with Crippen LogP contribution in [0.2, 0.25) is 0 Å². The van der Waals surface area contributed by atoms with Crippen LogP contribution in [-0.2, 0) is 0 Å². The summed E-state index contributed by atoms with van der Waals surface area (Å²) in [4.78, 5) is 4.96. The highest BCUT2D eigenvalue weighted by atomic mass is 15.2. The van der Waals surface area contributed by atoms with Gasteiger partial charge in [-0.05, 0) is 166 Å². The molecule has 11 aromatic carbocycles. The predicted molar refractivity (Wildman–Crippen MR) is 299 cm³/mol. The highest BCUT2D eigenvalue weighted by Crippen LogP contribution is 2.52. The third kappa shape index (κ3) is 6.49. The summed E-state index contributed by atoms with van der Waals surface area (Å²) in [6.45, 7) is 0. The molecule has 2 aliphatic heterocycles. The van der Waals surface area contributed by atoms with Crippen molar-refractivity contribution >= 4 is 89.8 Å². The molecule has 0 spiro atoms. The van der Waals surface area contributed by atoms with Crippen molar-refractivity contribution in [2.24, 2.45) is 0 Å². The maximum absolute atomic E-state index is 2.51. The largest absolute Gasteiger partial charge is 0.310 e. The van der Waals surface area contributed by atoms with Crippen molar-refractivity contribution in [1.29, 1.82) is 0 Å². The monoisotopic (exact) mass is 890 g/mol. The van der Waals surface area contributed by atoms with Crippen LogP contribution in [0.5, 0.6) is 0 Å². The minimum absolute atomic E-state index is 1.01. The van der Waals surface area contributed by atoms with Gasteiger partial charge in [-0.15, -0.1) is 0 Å². The van der Waals surface area contributed by atoms with Crippen LogP contribution in [0.4, 0.5) is 28.4 Å². The molecule has 0 N–H and O–H groups in total. The molecule has 0 unspecified atom stereocenters. The summed E-state index contributed by atoms with van der Waals surface area (Å²) in [5.74, 6) is 0. The Hall–Kier alpha value is -8.98. The minimum Gasteiger partial charge on any atom is -0.310 e. The Morgan fingerprint density at radius 3 is 1.60 bits per heavy atom. The van der Waals surface area contributed by atoms with Gasteiger partial charge in [0.2, 0.25) is 0 Å². The molecule has 2 nitrogen and oxygen atoms in total. The number of para-hydroxylation sites is 3. The van der Waals surface area contributed by atoms with E-state index in [1.807, 2.05) is 0 Å². The van der Waals surface area contributed by atoms with E-state index in [1.54, 1.807) is 0 Å². The first kappa shape index (κ1) is 40.1. The zero-order valence-corrected chi connectivity index (χ0v) is 38.6. The van der Waals surface area contributed by atoms with Crippen LogP contribution in [-0.4, -0.2) is 0 Å². The van der Waals surface area contributed by atoms with Crippen LogP contribution in [0.1, 0.15) is 29.5 Å². The number of allylic oxidation sites excluding steroid dienone is 4. The average molecular weight is 891 g/mol. The number of rotatable bonds is 5. The van der Waals surface area contributed by atoms with Crippen molar-refractivity contribution in [1.82, 2.24) is 0 Å². The first-order chi connectivity index (χ1) is 34.7. The Balaban J connectivity index is 1.13. The number of fused-ring (bicyclic) bond motifs is 7. The van der Waals surface area contributed by atoms with Gasteiger partial charge in [-0.1, -0.05) is 200 Å². The lowest BCUT2D eigenvalue weighted by Crippen LogP contribution is -2.18. The molecule has 70 heavy (non-hydrogen) atoms. The molecule has 1 aliphatic carbocycles. The molecule has 2 heteroatoms. The first-order valence-corrected chi connectivity index (χ1v) is 24.5. The number of hydrogen-bond acceptors (Lipinski definition) is 2. The molecule has 0 saturated heterocycles. The zero-order valence-electron chi connectivity index (χ0n) is 38.6. The fraction of sp³-hybridized carbons (Fsp3) is 0.0294. The molecular formula is C68H46N2. The topological polar surface area (TPSA) is 6.48 Å². The van der Waals surface area contributed by atoms with Crippen molar-refractivity contribution in [3.8, 4) is 33.4 Å². The molecule has 0 aromatic heterocycles. The summed E-state index contributed by atoms with van der Waals surface area (Å²) in [5.41, 5.74) is 19.2. The van der Waals surface area contributed by atoms with Crippen LogP contribution in [0.3, 0.4) is 0 Å². The third-order valence-electron chi connectivity index (χ3n) is 14.8. The Labute approximate surface area is 408 Å². The Bertz CT molecular complexity index is 4030.